The predicted octanol–water partition coefficient (Wildman–Crippen LogP) is 3.53. The molecular weight excluding hydrogens is 320 g/mol. The van der Waals surface area contributed by atoms with E-state index >= 15 is 0 Å². The lowest BCUT2D eigenvalue weighted by molar-refractivity contribution is 0.0864. The Morgan fingerprint density at radius 2 is 1.85 bits per heavy atom. The zero-order valence-electron chi connectivity index (χ0n) is 16.5. The molecule has 0 amide bonds. The van der Waals surface area contributed by atoms with Crippen molar-refractivity contribution in [3.63, 3.8) is 0 Å². The van der Waals surface area contributed by atoms with Gasteiger partial charge in [-0.25, -0.2) is 4.98 Å². The highest BCUT2D eigenvalue weighted by atomic mass is 15.2. The van der Waals surface area contributed by atoms with Crippen LogP contribution in [0.3, 0.4) is 0 Å². The molecule has 0 bridgehead atoms. The summed E-state index contributed by atoms with van der Waals surface area (Å²) < 4.78 is 2.23. The van der Waals surface area contributed by atoms with Crippen molar-refractivity contribution in [3.05, 3.63) is 53.1 Å². The van der Waals surface area contributed by atoms with Crippen LogP contribution in [0.25, 0.3) is 0 Å². The third kappa shape index (κ3) is 3.72. The first-order valence-electron chi connectivity index (χ1n) is 10.0. The van der Waals surface area contributed by atoms with Crippen molar-refractivity contribution in [1.29, 1.82) is 0 Å². The van der Waals surface area contributed by atoms with Gasteiger partial charge >= 0.3 is 0 Å². The molecule has 0 radical (unpaired) electrons. The normalized spacial score (nSPS) is 24.6. The second-order valence-electron chi connectivity index (χ2n) is 8.62. The molecule has 26 heavy (non-hydrogen) atoms. The van der Waals surface area contributed by atoms with Crippen LogP contribution in [0.1, 0.15) is 41.9 Å². The van der Waals surface area contributed by atoms with E-state index < -0.39 is 0 Å². The molecule has 4 nitrogen and oxygen atoms in total. The van der Waals surface area contributed by atoms with E-state index in [1.54, 1.807) is 0 Å². The van der Waals surface area contributed by atoms with E-state index in [1.165, 1.54) is 62.3 Å². The lowest BCUT2D eigenvalue weighted by Crippen LogP contribution is -2.44. The fourth-order valence-corrected chi connectivity index (χ4v) is 4.93. The molecule has 1 atom stereocenters. The summed E-state index contributed by atoms with van der Waals surface area (Å²) in [5.41, 5.74) is 4.66. The van der Waals surface area contributed by atoms with E-state index in [1.807, 2.05) is 6.20 Å². The van der Waals surface area contributed by atoms with Gasteiger partial charge in [0.25, 0.3) is 0 Å². The fraction of sp³-hybridized carbons (Fsp3) is 0.591. The average Bonchev–Trinajstić information content (AvgIpc) is 3.13. The summed E-state index contributed by atoms with van der Waals surface area (Å²) in [6.45, 7) is 11.4. The molecule has 1 aromatic heterocycles. The van der Waals surface area contributed by atoms with Crippen LogP contribution in [0.2, 0.25) is 0 Å². The number of hydrogen-bond donors (Lipinski definition) is 0. The van der Waals surface area contributed by atoms with Gasteiger partial charge in [0.1, 0.15) is 5.82 Å². The minimum atomic E-state index is 0.496. The SMILES string of the molecule is Cc1cccc(CN2CCCC3(CCN(Cc4cnc(C)n4C)C3)C2)c1. The maximum Gasteiger partial charge on any atom is 0.105 e. The zero-order valence-corrected chi connectivity index (χ0v) is 16.5. The van der Waals surface area contributed by atoms with Gasteiger partial charge in [0.2, 0.25) is 0 Å². The van der Waals surface area contributed by atoms with E-state index in [4.69, 9.17) is 0 Å². The second-order valence-corrected chi connectivity index (χ2v) is 8.62. The van der Waals surface area contributed by atoms with Gasteiger partial charge in [-0.3, -0.25) is 9.80 Å². The van der Waals surface area contributed by atoms with Crippen LogP contribution in [-0.4, -0.2) is 45.5 Å². The number of benzene rings is 1. The van der Waals surface area contributed by atoms with Gasteiger partial charge in [0.05, 0.1) is 5.69 Å². The molecule has 2 aliphatic heterocycles. The van der Waals surface area contributed by atoms with E-state index in [9.17, 15) is 0 Å². The molecule has 0 saturated carbocycles. The third-order valence-electron chi connectivity index (χ3n) is 6.45. The number of nitrogens with zero attached hydrogens (tertiary/aromatic N) is 4. The first-order valence-corrected chi connectivity index (χ1v) is 10.0. The molecule has 4 heteroatoms. The fourth-order valence-electron chi connectivity index (χ4n) is 4.93. The van der Waals surface area contributed by atoms with E-state index in [0.29, 0.717) is 5.41 Å². The van der Waals surface area contributed by atoms with Gasteiger partial charge in [0.15, 0.2) is 0 Å². The third-order valence-corrected chi connectivity index (χ3v) is 6.45. The number of aryl methyl sites for hydroxylation is 2. The Morgan fingerprint density at radius 3 is 2.58 bits per heavy atom. The van der Waals surface area contributed by atoms with Crippen LogP contribution in [0.4, 0.5) is 0 Å². The molecule has 2 saturated heterocycles. The monoisotopic (exact) mass is 352 g/mol. The molecule has 1 unspecified atom stereocenters. The molecule has 140 valence electrons. The van der Waals surface area contributed by atoms with Crippen LogP contribution in [0.5, 0.6) is 0 Å². The van der Waals surface area contributed by atoms with Gasteiger partial charge < -0.3 is 4.57 Å². The Morgan fingerprint density at radius 1 is 1.04 bits per heavy atom. The molecule has 2 aromatic rings. The van der Waals surface area contributed by atoms with Crippen molar-refractivity contribution >= 4 is 0 Å². The Labute approximate surface area is 157 Å². The first-order chi connectivity index (χ1) is 12.5. The summed E-state index contributed by atoms with van der Waals surface area (Å²) in [4.78, 5) is 9.79. The first kappa shape index (κ1) is 17.7. The molecule has 1 spiro atoms. The van der Waals surface area contributed by atoms with Gasteiger partial charge in [-0.05, 0) is 57.2 Å². The van der Waals surface area contributed by atoms with Crippen molar-refractivity contribution in [1.82, 2.24) is 19.4 Å². The van der Waals surface area contributed by atoms with Gasteiger partial charge in [-0.2, -0.15) is 0 Å². The number of aromatic nitrogens is 2. The Bertz CT molecular complexity index is 765. The molecule has 2 fully saturated rings. The lowest BCUT2D eigenvalue weighted by atomic mass is 9.79. The summed E-state index contributed by atoms with van der Waals surface area (Å²) in [5.74, 6) is 1.11. The lowest BCUT2D eigenvalue weighted by Gasteiger charge is -2.40. The number of piperidine rings is 1. The number of rotatable bonds is 4. The van der Waals surface area contributed by atoms with Crippen molar-refractivity contribution in [2.75, 3.05) is 26.2 Å². The summed E-state index contributed by atoms with van der Waals surface area (Å²) in [6.07, 6.45) is 6.11. The standard InChI is InChI=1S/C22H32N4/c1-18-6-4-7-20(12-18)14-25-10-5-8-22(16-25)9-11-26(17-22)15-21-13-23-19(2)24(21)3/h4,6-7,12-13H,5,8-11,14-17H2,1-3H3. The topological polar surface area (TPSA) is 24.3 Å². The second kappa shape index (κ2) is 7.16. The summed E-state index contributed by atoms with van der Waals surface area (Å²) in [7, 11) is 2.13. The Hall–Kier alpha value is -1.65. The van der Waals surface area contributed by atoms with Crippen LogP contribution in [0, 0.1) is 19.3 Å². The maximum atomic E-state index is 4.46. The van der Waals surface area contributed by atoms with Gasteiger partial charge in [-0.15, -0.1) is 0 Å². The van der Waals surface area contributed by atoms with E-state index in [0.717, 1.165) is 18.9 Å². The Balaban J connectivity index is 1.38. The van der Waals surface area contributed by atoms with Crippen molar-refractivity contribution < 1.29 is 0 Å². The highest BCUT2D eigenvalue weighted by Crippen LogP contribution is 2.39. The van der Waals surface area contributed by atoms with Crippen LogP contribution < -0.4 is 0 Å². The molecule has 1 aromatic carbocycles. The van der Waals surface area contributed by atoms with Crippen molar-refractivity contribution in [2.24, 2.45) is 12.5 Å². The number of imidazole rings is 1. The highest BCUT2D eigenvalue weighted by Gasteiger charge is 2.41. The maximum absolute atomic E-state index is 4.46. The predicted molar refractivity (Wildman–Crippen MR) is 106 cm³/mol. The minimum Gasteiger partial charge on any atom is -0.334 e. The largest absolute Gasteiger partial charge is 0.334 e. The van der Waals surface area contributed by atoms with Gasteiger partial charge in [-0.1, -0.05) is 29.8 Å². The molecule has 3 heterocycles. The smallest absolute Gasteiger partial charge is 0.105 e. The molecular formula is C22H32N4. The number of likely N-dealkylation sites (tertiary alicyclic amines) is 2. The van der Waals surface area contributed by atoms with E-state index in [2.05, 4.69) is 64.5 Å². The molecule has 4 rings (SSSR count). The summed E-state index contributed by atoms with van der Waals surface area (Å²) in [5, 5.41) is 0. The van der Waals surface area contributed by atoms with Crippen LogP contribution >= 0.6 is 0 Å². The quantitative estimate of drug-likeness (QED) is 0.841. The molecule has 0 aliphatic carbocycles. The zero-order chi connectivity index (χ0) is 18.1. The van der Waals surface area contributed by atoms with Crippen molar-refractivity contribution in [3.8, 4) is 0 Å². The Kier molecular flexibility index (Phi) is 4.89. The van der Waals surface area contributed by atoms with Crippen LogP contribution in [-0.2, 0) is 20.1 Å². The average molecular weight is 353 g/mol. The highest BCUT2D eigenvalue weighted by molar-refractivity contribution is 5.22. The van der Waals surface area contributed by atoms with Gasteiger partial charge in [0, 0.05) is 39.4 Å². The minimum absolute atomic E-state index is 0.496. The summed E-state index contributed by atoms with van der Waals surface area (Å²) >= 11 is 0. The van der Waals surface area contributed by atoms with Crippen LogP contribution in [0.15, 0.2) is 30.5 Å². The van der Waals surface area contributed by atoms with E-state index in [-0.39, 0.29) is 0 Å². The number of hydrogen-bond acceptors (Lipinski definition) is 3. The van der Waals surface area contributed by atoms with Crippen molar-refractivity contribution in [2.45, 2.75) is 46.2 Å². The molecule has 2 aliphatic rings. The summed E-state index contributed by atoms with van der Waals surface area (Å²) in [6, 6.07) is 9.00. The molecule has 0 N–H and O–H groups in total.